The maximum absolute atomic E-state index is 5.87. The van der Waals surface area contributed by atoms with E-state index in [1.54, 1.807) is 0 Å². The second kappa shape index (κ2) is 6.40. The molecule has 2 aromatic carbocycles. The topological polar surface area (TPSA) is 38.4 Å². The van der Waals surface area contributed by atoms with Crippen LogP contribution in [0.4, 0.5) is 5.69 Å². The lowest BCUT2D eigenvalue weighted by Crippen LogP contribution is -2.09. The maximum atomic E-state index is 5.87. The fraction of sp³-hybridized carbons (Fsp3) is 0.0625. The normalized spacial score (nSPS) is 11.9. The molecule has 2 heteroatoms. The van der Waals surface area contributed by atoms with Crippen molar-refractivity contribution in [3.8, 4) is 0 Å². The van der Waals surface area contributed by atoms with Crippen LogP contribution in [0.1, 0.15) is 12.0 Å². The van der Waals surface area contributed by atoms with Crippen LogP contribution in [0.15, 0.2) is 71.7 Å². The first-order chi connectivity index (χ1) is 8.84. The fourth-order valence-electron chi connectivity index (χ4n) is 1.59. The Kier molecular flexibility index (Phi) is 4.31. The molecule has 2 rings (SSSR count). The van der Waals surface area contributed by atoms with Crippen molar-refractivity contribution in [1.82, 2.24) is 0 Å². The van der Waals surface area contributed by atoms with E-state index in [-0.39, 0.29) is 0 Å². The van der Waals surface area contributed by atoms with Gasteiger partial charge in [-0.15, -0.1) is 0 Å². The summed E-state index contributed by atoms with van der Waals surface area (Å²) >= 11 is 0. The lowest BCUT2D eigenvalue weighted by atomic mass is 10.2. The minimum absolute atomic E-state index is 0.619. The highest BCUT2D eigenvalue weighted by Gasteiger charge is 1.91. The fourth-order valence-corrected chi connectivity index (χ4v) is 1.59. The molecular weight excluding hydrogens is 220 g/mol. The first-order valence-electron chi connectivity index (χ1n) is 5.94. The predicted octanol–water partition coefficient (Wildman–Crippen LogP) is 3.78. The summed E-state index contributed by atoms with van der Waals surface area (Å²) in [6.07, 6.45) is 4.73. The largest absolute Gasteiger partial charge is 0.387 e. The first-order valence-corrected chi connectivity index (χ1v) is 5.94. The monoisotopic (exact) mass is 236 g/mol. The summed E-state index contributed by atoms with van der Waals surface area (Å²) in [5, 5.41) is 0. The van der Waals surface area contributed by atoms with E-state index in [0.29, 0.717) is 12.3 Å². The molecule has 0 aliphatic rings. The zero-order chi connectivity index (χ0) is 12.6. The number of hydrogen-bond donors (Lipinski definition) is 1. The number of aliphatic imine (C=N–C) groups is 1. The van der Waals surface area contributed by atoms with Gasteiger partial charge in [-0.05, 0) is 17.7 Å². The number of rotatable bonds is 4. The highest BCUT2D eigenvalue weighted by molar-refractivity contribution is 5.85. The van der Waals surface area contributed by atoms with Crippen LogP contribution in [0.5, 0.6) is 0 Å². The smallest absolute Gasteiger partial charge is 0.103 e. The molecule has 18 heavy (non-hydrogen) atoms. The Morgan fingerprint density at radius 1 is 0.944 bits per heavy atom. The molecule has 0 amide bonds. The molecule has 90 valence electrons. The molecule has 0 spiro atoms. The summed E-state index contributed by atoms with van der Waals surface area (Å²) in [6.45, 7) is 0. The average Bonchev–Trinajstić information content (AvgIpc) is 2.41. The molecule has 0 saturated carbocycles. The van der Waals surface area contributed by atoms with Gasteiger partial charge in [0.25, 0.3) is 0 Å². The molecular formula is C16H16N2. The van der Waals surface area contributed by atoms with Crippen LogP contribution in [-0.2, 0) is 0 Å². The van der Waals surface area contributed by atoms with E-state index >= 15 is 0 Å². The van der Waals surface area contributed by atoms with E-state index in [9.17, 15) is 0 Å². The summed E-state index contributed by atoms with van der Waals surface area (Å²) in [7, 11) is 0. The van der Waals surface area contributed by atoms with Crippen molar-refractivity contribution in [3.05, 3.63) is 72.3 Å². The number of nitrogens with zero attached hydrogens (tertiary/aromatic N) is 1. The van der Waals surface area contributed by atoms with Gasteiger partial charge in [0.15, 0.2) is 0 Å². The van der Waals surface area contributed by atoms with Gasteiger partial charge < -0.3 is 5.73 Å². The molecule has 0 unspecified atom stereocenters. The van der Waals surface area contributed by atoms with Crippen LogP contribution in [0.25, 0.3) is 6.08 Å². The zero-order valence-electron chi connectivity index (χ0n) is 10.2. The average molecular weight is 236 g/mol. The SMILES string of the molecule is NC(C/C=C/c1ccccc1)=Nc1ccccc1. The van der Waals surface area contributed by atoms with Gasteiger partial charge in [-0.2, -0.15) is 0 Å². The zero-order valence-corrected chi connectivity index (χ0v) is 10.2. The standard InChI is InChI=1S/C16H16N2/c17-16(18-15-11-5-2-6-12-15)13-7-10-14-8-3-1-4-9-14/h1-12H,13H2,(H2,17,18)/b10-7+. The van der Waals surface area contributed by atoms with E-state index in [1.165, 1.54) is 5.56 Å². The van der Waals surface area contributed by atoms with Gasteiger partial charge in [0.2, 0.25) is 0 Å². The molecule has 0 aliphatic heterocycles. The van der Waals surface area contributed by atoms with Gasteiger partial charge in [0.05, 0.1) is 5.69 Å². The highest BCUT2D eigenvalue weighted by atomic mass is 14.8. The quantitative estimate of drug-likeness (QED) is 0.636. The van der Waals surface area contributed by atoms with Crippen LogP contribution in [-0.4, -0.2) is 5.84 Å². The summed E-state index contributed by atoms with van der Waals surface area (Å²) in [4.78, 5) is 4.33. The van der Waals surface area contributed by atoms with Crippen LogP contribution >= 0.6 is 0 Å². The minimum atomic E-state index is 0.619. The lowest BCUT2D eigenvalue weighted by Gasteiger charge is -1.97. The molecule has 2 nitrogen and oxygen atoms in total. The molecule has 2 N–H and O–H groups in total. The lowest BCUT2D eigenvalue weighted by molar-refractivity contribution is 1.36. The molecule has 0 aromatic heterocycles. The molecule has 0 aliphatic carbocycles. The van der Waals surface area contributed by atoms with Crippen molar-refractivity contribution in [1.29, 1.82) is 0 Å². The van der Waals surface area contributed by atoms with Crippen LogP contribution in [0.2, 0.25) is 0 Å². The summed E-state index contributed by atoms with van der Waals surface area (Å²) in [5.74, 6) is 0.619. The van der Waals surface area contributed by atoms with Crippen LogP contribution < -0.4 is 5.73 Å². The third-order valence-electron chi connectivity index (χ3n) is 2.47. The number of hydrogen-bond acceptors (Lipinski definition) is 1. The number of benzene rings is 2. The van der Waals surface area contributed by atoms with Gasteiger partial charge in [-0.25, -0.2) is 4.99 Å². The Labute approximate surface area is 107 Å². The van der Waals surface area contributed by atoms with Crippen molar-refractivity contribution in [3.63, 3.8) is 0 Å². The number of nitrogens with two attached hydrogens (primary N) is 1. The summed E-state index contributed by atoms with van der Waals surface area (Å²) in [5.41, 5.74) is 7.93. The van der Waals surface area contributed by atoms with Gasteiger partial charge >= 0.3 is 0 Å². The Morgan fingerprint density at radius 2 is 1.56 bits per heavy atom. The Morgan fingerprint density at radius 3 is 2.22 bits per heavy atom. The van der Waals surface area contributed by atoms with Gasteiger partial charge in [0, 0.05) is 6.42 Å². The molecule has 0 fully saturated rings. The number of amidine groups is 1. The van der Waals surface area contributed by atoms with Crippen molar-refractivity contribution >= 4 is 17.6 Å². The Bertz CT molecular complexity index is 528. The van der Waals surface area contributed by atoms with Gasteiger partial charge in [-0.1, -0.05) is 60.7 Å². The molecule has 0 atom stereocenters. The highest BCUT2D eigenvalue weighted by Crippen LogP contribution is 2.10. The second-order valence-electron chi connectivity index (χ2n) is 3.96. The van der Waals surface area contributed by atoms with E-state index in [0.717, 1.165) is 5.69 Å². The number of para-hydroxylation sites is 1. The van der Waals surface area contributed by atoms with Crippen molar-refractivity contribution in [2.75, 3.05) is 0 Å². The van der Waals surface area contributed by atoms with Crippen molar-refractivity contribution in [2.24, 2.45) is 10.7 Å². The summed E-state index contributed by atoms with van der Waals surface area (Å²) < 4.78 is 0. The minimum Gasteiger partial charge on any atom is -0.387 e. The Hall–Kier alpha value is -2.35. The van der Waals surface area contributed by atoms with E-state index in [1.807, 2.05) is 60.7 Å². The third-order valence-corrected chi connectivity index (χ3v) is 2.47. The van der Waals surface area contributed by atoms with Gasteiger partial charge in [-0.3, -0.25) is 0 Å². The Balaban J connectivity index is 1.94. The van der Waals surface area contributed by atoms with E-state index in [2.05, 4.69) is 17.1 Å². The first kappa shape index (κ1) is 12.1. The van der Waals surface area contributed by atoms with E-state index in [4.69, 9.17) is 5.73 Å². The van der Waals surface area contributed by atoms with Crippen LogP contribution in [0, 0.1) is 0 Å². The third kappa shape index (κ3) is 3.91. The van der Waals surface area contributed by atoms with Gasteiger partial charge in [0.1, 0.15) is 5.84 Å². The molecule has 0 heterocycles. The molecule has 0 saturated heterocycles. The molecule has 0 radical (unpaired) electrons. The molecule has 2 aromatic rings. The molecule has 0 bridgehead atoms. The maximum Gasteiger partial charge on any atom is 0.103 e. The second-order valence-corrected chi connectivity index (χ2v) is 3.96. The summed E-state index contributed by atoms with van der Waals surface area (Å²) in [6, 6.07) is 19.9. The van der Waals surface area contributed by atoms with Crippen LogP contribution in [0.3, 0.4) is 0 Å². The van der Waals surface area contributed by atoms with E-state index < -0.39 is 0 Å². The van der Waals surface area contributed by atoms with Crippen molar-refractivity contribution < 1.29 is 0 Å². The predicted molar refractivity (Wildman–Crippen MR) is 77.8 cm³/mol. The van der Waals surface area contributed by atoms with Crippen molar-refractivity contribution in [2.45, 2.75) is 6.42 Å².